The van der Waals surface area contributed by atoms with Gasteiger partial charge in [0.1, 0.15) is 0 Å². The zero-order valence-electron chi connectivity index (χ0n) is 8.74. The number of carbonyl (C=O) groups is 2. The van der Waals surface area contributed by atoms with Gasteiger partial charge in [-0.05, 0) is 34.5 Å². The average Bonchev–Trinajstić information content (AvgIpc) is 2.64. The summed E-state index contributed by atoms with van der Waals surface area (Å²) in [6, 6.07) is 3.88. The SMILES string of the molecule is O=C1CCCN(C(=O)Cc2ccc(Br)s2)C1. The molecule has 2 heterocycles. The lowest BCUT2D eigenvalue weighted by Crippen LogP contribution is -2.40. The van der Waals surface area contributed by atoms with Crippen molar-refractivity contribution in [1.29, 1.82) is 0 Å². The number of rotatable bonds is 2. The van der Waals surface area contributed by atoms with Crippen LogP contribution in [-0.4, -0.2) is 29.7 Å². The topological polar surface area (TPSA) is 37.4 Å². The van der Waals surface area contributed by atoms with Crippen molar-refractivity contribution in [3.8, 4) is 0 Å². The van der Waals surface area contributed by atoms with Gasteiger partial charge in [0.25, 0.3) is 0 Å². The van der Waals surface area contributed by atoms with Crippen LogP contribution < -0.4 is 0 Å². The Balaban J connectivity index is 1.94. The maximum atomic E-state index is 11.9. The third-order valence-electron chi connectivity index (χ3n) is 2.56. The van der Waals surface area contributed by atoms with Gasteiger partial charge >= 0.3 is 0 Å². The Kier molecular flexibility index (Phi) is 3.76. The number of nitrogens with zero attached hydrogens (tertiary/aromatic N) is 1. The maximum Gasteiger partial charge on any atom is 0.228 e. The summed E-state index contributed by atoms with van der Waals surface area (Å²) in [5.74, 6) is 0.231. The number of hydrogen-bond acceptors (Lipinski definition) is 3. The van der Waals surface area contributed by atoms with Crippen LogP contribution in [0.5, 0.6) is 0 Å². The highest BCUT2D eigenvalue weighted by Gasteiger charge is 2.21. The first-order valence-corrected chi connectivity index (χ1v) is 6.80. The van der Waals surface area contributed by atoms with Crippen LogP contribution in [0, 0.1) is 0 Å². The zero-order chi connectivity index (χ0) is 11.5. The van der Waals surface area contributed by atoms with Crippen LogP contribution in [0.4, 0.5) is 0 Å². The molecule has 0 aliphatic carbocycles. The van der Waals surface area contributed by atoms with E-state index >= 15 is 0 Å². The van der Waals surface area contributed by atoms with E-state index in [-0.39, 0.29) is 11.7 Å². The molecule has 1 aromatic rings. The van der Waals surface area contributed by atoms with E-state index in [1.54, 1.807) is 16.2 Å². The van der Waals surface area contributed by atoms with Gasteiger partial charge in [0.2, 0.25) is 5.91 Å². The molecular formula is C11H12BrNO2S. The summed E-state index contributed by atoms with van der Waals surface area (Å²) in [7, 11) is 0. The van der Waals surface area contributed by atoms with Crippen molar-refractivity contribution >= 4 is 39.0 Å². The van der Waals surface area contributed by atoms with Crippen molar-refractivity contribution in [2.24, 2.45) is 0 Å². The van der Waals surface area contributed by atoms with Crippen LogP contribution in [0.25, 0.3) is 0 Å². The van der Waals surface area contributed by atoms with Crippen molar-refractivity contribution in [2.75, 3.05) is 13.1 Å². The number of carbonyl (C=O) groups excluding carboxylic acids is 2. The molecule has 0 spiro atoms. The Labute approximate surface area is 107 Å². The van der Waals surface area contributed by atoms with Crippen molar-refractivity contribution in [1.82, 2.24) is 4.90 Å². The number of piperidine rings is 1. The minimum Gasteiger partial charge on any atom is -0.335 e. The normalized spacial score (nSPS) is 16.6. The molecule has 86 valence electrons. The smallest absolute Gasteiger partial charge is 0.228 e. The summed E-state index contributed by atoms with van der Waals surface area (Å²) >= 11 is 4.93. The standard InChI is InChI=1S/C11H12BrNO2S/c12-10-4-3-9(16-10)6-11(15)13-5-1-2-8(14)7-13/h3-4H,1-2,5-7H2. The molecule has 2 rings (SSSR count). The van der Waals surface area contributed by atoms with Crippen LogP contribution >= 0.6 is 27.3 Å². The molecule has 1 aromatic heterocycles. The minimum absolute atomic E-state index is 0.0578. The molecule has 0 N–H and O–H groups in total. The summed E-state index contributed by atoms with van der Waals surface area (Å²) < 4.78 is 1.03. The van der Waals surface area contributed by atoms with Gasteiger partial charge in [-0.2, -0.15) is 0 Å². The van der Waals surface area contributed by atoms with E-state index in [2.05, 4.69) is 15.9 Å². The first kappa shape index (κ1) is 11.8. The molecule has 16 heavy (non-hydrogen) atoms. The van der Waals surface area contributed by atoms with Crippen LogP contribution in [-0.2, 0) is 16.0 Å². The van der Waals surface area contributed by atoms with Gasteiger partial charge in [-0.3, -0.25) is 9.59 Å². The molecule has 3 nitrogen and oxygen atoms in total. The Morgan fingerprint density at radius 3 is 2.94 bits per heavy atom. The van der Waals surface area contributed by atoms with Gasteiger partial charge in [-0.1, -0.05) is 0 Å². The minimum atomic E-state index is 0.0578. The number of hydrogen-bond donors (Lipinski definition) is 0. The van der Waals surface area contributed by atoms with Gasteiger partial charge in [-0.25, -0.2) is 0 Å². The predicted molar refractivity (Wildman–Crippen MR) is 66.5 cm³/mol. The number of thiophene rings is 1. The number of amides is 1. The van der Waals surface area contributed by atoms with E-state index in [4.69, 9.17) is 0 Å². The molecule has 0 saturated carbocycles. The second-order valence-electron chi connectivity index (χ2n) is 3.84. The molecule has 1 aliphatic heterocycles. The summed E-state index contributed by atoms with van der Waals surface area (Å²) in [4.78, 5) is 25.8. The van der Waals surface area contributed by atoms with Crippen molar-refractivity contribution in [3.63, 3.8) is 0 Å². The Morgan fingerprint density at radius 2 is 2.31 bits per heavy atom. The van der Waals surface area contributed by atoms with Crippen molar-refractivity contribution in [2.45, 2.75) is 19.3 Å². The van der Waals surface area contributed by atoms with Crippen LogP contribution in [0.15, 0.2) is 15.9 Å². The van der Waals surface area contributed by atoms with Gasteiger partial charge in [0, 0.05) is 17.8 Å². The lowest BCUT2D eigenvalue weighted by Gasteiger charge is -2.25. The van der Waals surface area contributed by atoms with Gasteiger partial charge < -0.3 is 4.90 Å². The molecule has 1 saturated heterocycles. The third-order valence-corrected chi connectivity index (χ3v) is 4.18. The Bertz CT molecular complexity index is 416. The summed E-state index contributed by atoms with van der Waals surface area (Å²) in [5, 5.41) is 0. The number of halogens is 1. The highest BCUT2D eigenvalue weighted by atomic mass is 79.9. The second-order valence-corrected chi connectivity index (χ2v) is 6.39. The molecular weight excluding hydrogens is 290 g/mol. The molecule has 0 unspecified atom stereocenters. The highest BCUT2D eigenvalue weighted by molar-refractivity contribution is 9.11. The number of ketones is 1. The molecule has 0 bridgehead atoms. The van der Waals surface area contributed by atoms with Gasteiger partial charge in [0.05, 0.1) is 16.8 Å². The van der Waals surface area contributed by atoms with E-state index < -0.39 is 0 Å². The molecule has 0 aromatic carbocycles. The lowest BCUT2D eigenvalue weighted by atomic mass is 10.1. The van der Waals surface area contributed by atoms with E-state index in [0.29, 0.717) is 19.4 Å². The lowest BCUT2D eigenvalue weighted by molar-refractivity contribution is -0.136. The average molecular weight is 302 g/mol. The van der Waals surface area contributed by atoms with E-state index in [0.717, 1.165) is 21.6 Å². The predicted octanol–water partition coefficient (Wildman–Crippen LogP) is 2.24. The van der Waals surface area contributed by atoms with Gasteiger partial charge in [-0.15, -0.1) is 11.3 Å². The molecule has 5 heteroatoms. The fourth-order valence-electron chi connectivity index (χ4n) is 1.76. The Hall–Kier alpha value is -0.680. The molecule has 1 fully saturated rings. The Morgan fingerprint density at radius 1 is 1.50 bits per heavy atom. The van der Waals surface area contributed by atoms with Crippen LogP contribution in [0.1, 0.15) is 17.7 Å². The largest absolute Gasteiger partial charge is 0.335 e. The van der Waals surface area contributed by atoms with Gasteiger partial charge in [0.15, 0.2) is 5.78 Å². The summed E-state index contributed by atoms with van der Waals surface area (Å²) in [6.07, 6.45) is 1.83. The highest BCUT2D eigenvalue weighted by Crippen LogP contribution is 2.23. The second kappa shape index (κ2) is 5.10. The van der Waals surface area contributed by atoms with E-state index in [1.807, 2.05) is 12.1 Å². The fraction of sp³-hybridized carbons (Fsp3) is 0.455. The quantitative estimate of drug-likeness (QED) is 0.840. The summed E-state index contributed by atoms with van der Waals surface area (Å²) in [6.45, 7) is 1.02. The first-order valence-electron chi connectivity index (χ1n) is 5.19. The van der Waals surface area contributed by atoms with Crippen molar-refractivity contribution < 1.29 is 9.59 Å². The zero-order valence-corrected chi connectivity index (χ0v) is 11.1. The first-order chi connectivity index (χ1) is 7.65. The van der Waals surface area contributed by atoms with E-state index in [1.165, 1.54) is 0 Å². The fourth-order valence-corrected chi connectivity index (χ4v) is 3.23. The molecule has 0 atom stereocenters. The maximum absolute atomic E-state index is 11.9. The van der Waals surface area contributed by atoms with Crippen LogP contribution in [0.3, 0.4) is 0 Å². The van der Waals surface area contributed by atoms with E-state index in [9.17, 15) is 9.59 Å². The molecule has 1 aliphatic rings. The molecule has 1 amide bonds. The monoisotopic (exact) mass is 301 g/mol. The van der Waals surface area contributed by atoms with Crippen molar-refractivity contribution in [3.05, 3.63) is 20.8 Å². The molecule has 0 radical (unpaired) electrons. The number of likely N-dealkylation sites (tertiary alicyclic amines) is 1. The number of Topliss-reactive ketones (excluding diaryl/α,β-unsaturated/α-hetero) is 1. The summed E-state index contributed by atoms with van der Waals surface area (Å²) in [5.41, 5.74) is 0. The van der Waals surface area contributed by atoms with Crippen LogP contribution in [0.2, 0.25) is 0 Å². The third kappa shape index (κ3) is 2.92.